The van der Waals surface area contributed by atoms with Crippen molar-refractivity contribution in [1.82, 2.24) is 19.9 Å². The summed E-state index contributed by atoms with van der Waals surface area (Å²) >= 11 is 7.42. The molecule has 1 fully saturated rings. The smallest absolute Gasteiger partial charge is 0.189 e. The maximum atomic E-state index is 12.7. The van der Waals surface area contributed by atoms with E-state index < -0.39 is 0 Å². The minimum atomic E-state index is -0.0946. The summed E-state index contributed by atoms with van der Waals surface area (Å²) in [7, 11) is 0. The molecule has 3 aromatic rings. The predicted molar refractivity (Wildman–Crippen MR) is 121 cm³/mol. The van der Waals surface area contributed by atoms with Crippen LogP contribution in [0.5, 0.6) is 0 Å². The molecule has 0 N–H and O–H groups in total. The first kappa shape index (κ1) is 21.1. The van der Waals surface area contributed by atoms with Crippen LogP contribution in [0.2, 0.25) is 5.15 Å². The second-order valence-electron chi connectivity index (χ2n) is 7.75. The number of carbonyl (C=O) groups is 1. The molecule has 30 heavy (non-hydrogen) atoms. The molecule has 1 saturated heterocycles. The second kappa shape index (κ2) is 9.33. The molecule has 0 radical (unpaired) electrons. The lowest BCUT2D eigenvalue weighted by Gasteiger charge is -2.22. The van der Waals surface area contributed by atoms with Gasteiger partial charge in [-0.3, -0.25) is 9.69 Å². The largest absolute Gasteiger partial charge is 0.295 e. The number of hydrogen-bond donors (Lipinski definition) is 0. The summed E-state index contributed by atoms with van der Waals surface area (Å²) in [6.07, 6.45) is 6.72. The molecule has 1 aliphatic rings. The fourth-order valence-corrected chi connectivity index (χ4v) is 5.25. The Morgan fingerprint density at radius 3 is 2.90 bits per heavy atom. The Kier molecular flexibility index (Phi) is 6.56. The quantitative estimate of drug-likeness (QED) is 0.463. The number of halogens is 1. The van der Waals surface area contributed by atoms with E-state index in [1.807, 2.05) is 0 Å². The number of aryl methyl sites for hydroxylation is 1. The van der Waals surface area contributed by atoms with Gasteiger partial charge in [-0.2, -0.15) is 0 Å². The maximum absolute atomic E-state index is 12.7. The zero-order valence-corrected chi connectivity index (χ0v) is 18.8. The second-order valence-corrected chi connectivity index (χ2v) is 9.30. The Labute approximate surface area is 186 Å². The number of thiazole rings is 1. The van der Waals surface area contributed by atoms with Crippen LogP contribution in [0.1, 0.15) is 52.1 Å². The standard InChI is InChI=1S/C23H25ClN4OS/c1-3-17-8-5-9-28(17)14-20-23(16-7-4-6-15(2)10-16)27-22(30-20)11-19(29)18-12-26-21(24)13-25-18/h4,6-7,10,12-13,17H,3,5,8-9,11,14H2,1-2H3/t17-/m1/s1. The molecule has 1 aromatic carbocycles. The highest BCUT2D eigenvalue weighted by Gasteiger charge is 2.26. The molecule has 0 saturated carbocycles. The third-order valence-corrected chi connectivity index (χ3v) is 6.80. The Morgan fingerprint density at radius 2 is 2.17 bits per heavy atom. The van der Waals surface area contributed by atoms with Crippen molar-refractivity contribution in [3.63, 3.8) is 0 Å². The van der Waals surface area contributed by atoms with Gasteiger partial charge in [0.15, 0.2) is 5.78 Å². The van der Waals surface area contributed by atoms with Crippen LogP contribution < -0.4 is 0 Å². The Morgan fingerprint density at radius 1 is 1.30 bits per heavy atom. The highest BCUT2D eigenvalue weighted by Crippen LogP contribution is 2.33. The van der Waals surface area contributed by atoms with Gasteiger partial charge in [-0.05, 0) is 38.8 Å². The Hall–Kier alpha value is -2.15. The normalized spacial score (nSPS) is 16.8. The third-order valence-electron chi connectivity index (χ3n) is 5.57. The van der Waals surface area contributed by atoms with Crippen LogP contribution >= 0.6 is 22.9 Å². The van der Waals surface area contributed by atoms with E-state index in [4.69, 9.17) is 16.6 Å². The first-order chi connectivity index (χ1) is 14.5. The van der Waals surface area contributed by atoms with Gasteiger partial charge < -0.3 is 0 Å². The molecule has 0 unspecified atom stereocenters. The van der Waals surface area contributed by atoms with Crippen molar-refractivity contribution in [3.8, 4) is 11.3 Å². The number of carbonyl (C=O) groups excluding carboxylic acids is 1. The molecule has 0 spiro atoms. The summed E-state index contributed by atoms with van der Waals surface area (Å²) in [4.78, 5) is 29.4. The van der Waals surface area contributed by atoms with E-state index in [0.717, 1.165) is 29.4 Å². The molecular weight excluding hydrogens is 416 g/mol. The van der Waals surface area contributed by atoms with Gasteiger partial charge in [0.1, 0.15) is 15.9 Å². The lowest BCUT2D eigenvalue weighted by molar-refractivity contribution is 0.0988. The van der Waals surface area contributed by atoms with Gasteiger partial charge in [-0.1, -0.05) is 42.3 Å². The topological polar surface area (TPSA) is 59.0 Å². The van der Waals surface area contributed by atoms with Crippen molar-refractivity contribution in [1.29, 1.82) is 0 Å². The lowest BCUT2D eigenvalue weighted by Crippen LogP contribution is -2.28. The van der Waals surface area contributed by atoms with Gasteiger partial charge in [0.25, 0.3) is 0 Å². The SMILES string of the molecule is CC[C@@H]1CCCN1Cc1sc(CC(=O)c2cnc(Cl)cn2)nc1-c1cccc(C)c1. The summed E-state index contributed by atoms with van der Waals surface area (Å²) in [5.41, 5.74) is 3.63. The molecule has 7 heteroatoms. The summed E-state index contributed by atoms with van der Waals surface area (Å²) in [5.74, 6) is -0.0946. The van der Waals surface area contributed by atoms with Crippen LogP contribution in [0.15, 0.2) is 36.7 Å². The van der Waals surface area contributed by atoms with E-state index >= 15 is 0 Å². The molecule has 0 amide bonds. The average Bonchev–Trinajstić information content (AvgIpc) is 3.35. The van der Waals surface area contributed by atoms with Gasteiger partial charge in [-0.15, -0.1) is 11.3 Å². The van der Waals surface area contributed by atoms with Crippen molar-refractivity contribution in [2.24, 2.45) is 0 Å². The average molecular weight is 441 g/mol. The third kappa shape index (κ3) is 4.77. The molecule has 1 aliphatic heterocycles. The van der Waals surface area contributed by atoms with E-state index in [2.05, 4.69) is 53.0 Å². The number of ketones is 1. The number of rotatable bonds is 7. The number of Topliss-reactive ketones (excluding diaryl/α,β-unsaturated/α-hetero) is 1. The van der Waals surface area contributed by atoms with Gasteiger partial charge >= 0.3 is 0 Å². The molecule has 156 valence electrons. The summed E-state index contributed by atoms with van der Waals surface area (Å²) in [6, 6.07) is 9.05. The van der Waals surface area contributed by atoms with Gasteiger partial charge in [0, 0.05) is 23.0 Å². The van der Waals surface area contributed by atoms with Crippen LogP contribution in [-0.2, 0) is 13.0 Å². The first-order valence-electron chi connectivity index (χ1n) is 10.3. The molecule has 4 rings (SSSR count). The number of benzene rings is 1. The van der Waals surface area contributed by atoms with Crippen molar-refractivity contribution in [2.45, 2.75) is 52.1 Å². The monoisotopic (exact) mass is 440 g/mol. The van der Waals surface area contributed by atoms with Gasteiger partial charge in [-0.25, -0.2) is 15.0 Å². The minimum Gasteiger partial charge on any atom is -0.295 e. The summed E-state index contributed by atoms with van der Waals surface area (Å²) in [5, 5.41) is 1.09. The lowest BCUT2D eigenvalue weighted by atomic mass is 10.1. The molecule has 3 heterocycles. The van der Waals surface area contributed by atoms with Gasteiger partial charge in [0.2, 0.25) is 0 Å². The minimum absolute atomic E-state index is 0.0946. The zero-order valence-electron chi connectivity index (χ0n) is 17.3. The van der Waals surface area contributed by atoms with Crippen LogP contribution in [-0.4, -0.2) is 38.2 Å². The summed E-state index contributed by atoms with van der Waals surface area (Å²) in [6.45, 7) is 6.35. The first-order valence-corrected chi connectivity index (χ1v) is 11.5. The molecule has 0 aliphatic carbocycles. The number of aromatic nitrogens is 3. The summed E-state index contributed by atoms with van der Waals surface area (Å²) < 4.78 is 0. The number of likely N-dealkylation sites (tertiary alicyclic amines) is 1. The van der Waals surface area contributed by atoms with Crippen LogP contribution in [0.25, 0.3) is 11.3 Å². The van der Waals surface area contributed by atoms with E-state index in [1.54, 1.807) is 11.3 Å². The Bertz CT molecular complexity index is 1030. The number of hydrogen-bond acceptors (Lipinski definition) is 6. The maximum Gasteiger partial charge on any atom is 0.189 e. The fourth-order valence-electron chi connectivity index (χ4n) is 4.04. The highest BCUT2D eigenvalue weighted by atomic mass is 35.5. The van der Waals surface area contributed by atoms with E-state index in [-0.39, 0.29) is 17.4 Å². The van der Waals surface area contributed by atoms with Crippen molar-refractivity contribution >= 4 is 28.7 Å². The number of nitrogens with zero attached hydrogens (tertiary/aromatic N) is 4. The molecular formula is C23H25ClN4OS. The van der Waals surface area contributed by atoms with E-state index in [0.29, 0.717) is 11.7 Å². The molecule has 1 atom stereocenters. The fraction of sp³-hybridized carbons (Fsp3) is 0.391. The molecule has 5 nitrogen and oxygen atoms in total. The predicted octanol–water partition coefficient (Wildman–Crippen LogP) is 5.36. The van der Waals surface area contributed by atoms with Crippen molar-refractivity contribution < 1.29 is 4.79 Å². The molecule has 2 aromatic heterocycles. The van der Waals surface area contributed by atoms with E-state index in [9.17, 15) is 4.79 Å². The van der Waals surface area contributed by atoms with Crippen molar-refractivity contribution in [3.05, 3.63) is 63.0 Å². The van der Waals surface area contributed by atoms with Crippen LogP contribution in [0.3, 0.4) is 0 Å². The van der Waals surface area contributed by atoms with Crippen LogP contribution in [0.4, 0.5) is 0 Å². The highest BCUT2D eigenvalue weighted by molar-refractivity contribution is 7.12. The molecule has 0 bridgehead atoms. The van der Waals surface area contributed by atoms with Gasteiger partial charge in [0.05, 0.1) is 24.5 Å². The van der Waals surface area contributed by atoms with E-state index in [1.165, 1.54) is 42.1 Å². The zero-order chi connectivity index (χ0) is 21.1. The van der Waals surface area contributed by atoms with Crippen molar-refractivity contribution in [2.75, 3.05) is 6.54 Å². The Balaban J connectivity index is 1.63. The van der Waals surface area contributed by atoms with Crippen LogP contribution in [0, 0.1) is 6.92 Å².